The molecule has 0 aromatic heterocycles. The molecule has 1 saturated carbocycles. The van der Waals surface area contributed by atoms with Crippen LogP contribution >= 0.6 is 0 Å². The number of aliphatic hydroxyl groups is 1. The number of nitrogens with one attached hydrogen (secondary N) is 3. The molecule has 2 heterocycles. The van der Waals surface area contributed by atoms with Gasteiger partial charge in [-0.2, -0.15) is 0 Å². The summed E-state index contributed by atoms with van der Waals surface area (Å²) in [6.07, 6.45) is -1.90. The number of carbonyl (C=O) groups is 5. The SMILES string of the molecule is CC(C)(C)OC(=O)N[C@H](C(=O)N1C[C@H]2[C@@H]([C@H]1C(=O)N[C@@H](C[C@@H]1CCNC1=O)C(O)C(N)=O)C2(C)C)C(C)(C)C. The fourth-order valence-corrected chi connectivity index (χ4v) is 5.96. The number of likely N-dealkylation sites (tertiary alicyclic amines) is 1. The summed E-state index contributed by atoms with van der Waals surface area (Å²) < 4.78 is 5.38. The Bertz CT molecular complexity index is 1010. The van der Waals surface area contributed by atoms with Gasteiger partial charge >= 0.3 is 6.09 Å². The first-order valence-electron chi connectivity index (χ1n) is 13.6. The van der Waals surface area contributed by atoms with Crippen LogP contribution in [0.1, 0.15) is 68.2 Å². The molecule has 0 radical (unpaired) electrons. The number of carbonyl (C=O) groups excluding carboxylic acids is 5. The van der Waals surface area contributed by atoms with Gasteiger partial charge in [-0.3, -0.25) is 19.2 Å². The van der Waals surface area contributed by atoms with Crippen LogP contribution in [0.4, 0.5) is 4.79 Å². The van der Waals surface area contributed by atoms with E-state index in [1.807, 2.05) is 34.6 Å². The molecule has 39 heavy (non-hydrogen) atoms. The quantitative estimate of drug-likeness (QED) is 0.287. The van der Waals surface area contributed by atoms with Gasteiger partial charge in [0.15, 0.2) is 6.10 Å². The van der Waals surface area contributed by atoms with Crippen LogP contribution in [0, 0.1) is 28.6 Å². The van der Waals surface area contributed by atoms with Gasteiger partial charge in [-0.25, -0.2) is 4.79 Å². The Hall–Kier alpha value is -2.89. The maximum absolute atomic E-state index is 13.9. The first-order chi connectivity index (χ1) is 17.8. The maximum Gasteiger partial charge on any atom is 0.408 e. The van der Waals surface area contributed by atoms with E-state index in [0.717, 1.165) is 0 Å². The summed E-state index contributed by atoms with van der Waals surface area (Å²) in [4.78, 5) is 65.8. The molecular weight excluding hydrogens is 506 g/mol. The lowest BCUT2D eigenvalue weighted by Crippen LogP contribution is -2.61. The minimum absolute atomic E-state index is 0.0324. The Morgan fingerprint density at radius 2 is 1.77 bits per heavy atom. The zero-order valence-corrected chi connectivity index (χ0v) is 24.3. The van der Waals surface area contributed by atoms with Crippen LogP contribution < -0.4 is 21.7 Å². The zero-order chi connectivity index (χ0) is 29.7. The molecule has 0 bridgehead atoms. The number of nitrogens with two attached hydrogens (primary N) is 1. The summed E-state index contributed by atoms with van der Waals surface area (Å²) in [5, 5.41) is 18.6. The number of primary amides is 1. The molecule has 3 fully saturated rings. The van der Waals surface area contributed by atoms with Crippen LogP contribution in [0.2, 0.25) is 0 Å². The summed E-state index contributed by atoms with van der Waals surface area (Å²) in [5.74, 6) is -2.75. The molecule has 0 spiro atoms. The molecule has 220 valence electrons. The number of fused-ring (bicyclic) bond motifs is 1. The molecule has 1 aliphatic carbocycles. The number of ether oxygens (including phenoxy) is 1. The highest BCUT2D eigenvalue weighted by atomic mass is 16.6. The second-order valence-corrected chi connectivity index (χ2v) is 13.8. The van der Waals surface area contributed by atoms with Crippen molar-refractivity contribution in [2.75, 3.05) is 13.1 Å². The lowest BCUT2D eigenvalue weighted by Gasteiger charge is -2.38. The third-order valence-corrected chi connectivity index (χ3v) is 8.24. The van der Waals surface area contributed by atoms with Gasteiger partial charge in [0, 0.05) is 19.0 Å². The molecule has 0 aromatic rings. The minimum Gasteiger partial charge on any atom is -0.444 e. The van der Waals surface area contributed by atoms with E-state index in [1.165, 1.54) is 4.90 Å². The van der Waals surface area contributed by atoms with Crippen molar-refractivity contribution in [3.63, 3.8) is 0 Å². The van der Waals surface area contributed by atoms with Crippen LogP contribution in [0.3, 0.4) is 0 Å². The average Bonchev–Trinajstić information content (AvgIpc) is 3.14. The Morgan fingerprint density at radius 3 is 2.26 bits per heavy atom. The number of nitrogens with zero attached hydrogens (tertiary/aromatic N) is 1. The van der Waals surface area contributed by atoms with Crippen molar-refractivity contribution in [1.82, 2.24) is 20.9 Å². The molecule has 3 rings (SSSR count). The molecule has 7 atom stereocenters. The number of hydrogen-bond acceptors (Lipinski definition) is 7. The fraction of sp³-hybridized carbons (Fsp3) is 0.815. The predicted octanol–water partition coefficient (Wildman–Crippen LogP) is 0.266. The fourth-order valence-electron chi connectivity index (χ4n) is 5.96. The van der Waals surface area contributed by atoms with E-state index in [0.29, 0.717) is 19.5 Å². The number of hydrogen-bond donors (Lipinski definition) is 5. The lowest BCUT2D eigenvalue weighted by molar-refractivity contribution is -0.145. The van der Waals surface area contributed by atoms with E-state index in [9.17, 15) is 29.1 Å². The summed E-state index contributed by atoms with van der Waals surface area (Å²) in [7, 11) is 0. The molecule has 6 N–H and O–H groups in total. The molecule has 12 heteroatoms. The summed E-state index contributed by atoms with van der Waals surface area (Å²) >= 11 is 0. The van der Waals surface area contributed by atoms with Gasteiger partial charge in [0.05, 0.1) is 6.04 Å². The van der Waals surface area contributed by atoms with E-state index in [4.69, 9.17) is 10.5 Å². The monoisotopic (exact) mass is 551 g/mol. The number of rotatable bonds is 8. The molecule has 3 aliphatic rings. The number of piperidine rings is 1. The number of amides is 5. The first-order valence-corrected chi connectivity index (χ1v) is 13.6. The Labute approximate surface area is 230 Å². The Morgan fingerprint density at radius 1 is 1.15 bits per heavy atom. The molecule has 1 unspecified atom stereocenters. The van der Waals surface area contributed by atoms with Gasteiger partial charge in [-0.1, -0.05) is 34.6 Å². The van der Waals surface area contributed by atoms with Crippen molar-refractivity contribution in [3.05, 3.63) is 0 Å². The van der Waals surface area contributed by atoms with Crippen LogP contribution in [-0.2, 0) is 23.9 Å². The van der Waals surface area contributed by atoms with Crippen molar-refractivity contribution in [3.8, 4) is 0 Å². The van der Waals surface area contributed by atoms with Gasteiger partial charge in [-0.05, 0) is 56.3 Å². The standard InChI is InChI=1S/C27H45N5O7/c1-25(2,3)19(31-24(38)39-26(4,5)6)23(37)32-12-14-16(27(14,7)8)17(32)22(36)30-15(18(33)20(28)34)11-13-9-10-29-21(13)35/h13-19,33H,9-12H2,1-8H3,(H2,28,34)(H,29,35)(H,30,36)(H,31,38)/t13-,14-,15-,16-,17-,18?,19+/m0/s1. The number of alkyl carbamates (subject to hydrolysis) is 1. The lowest BCUT2D eigenvalue weighted by atomic mass is 9.85. The van der Waals surface area contributed by atoms with E-state index in [2.05, 4.69) is 16.0 Å². The summed E-state index contributed by atoms with van der Waals surface area (Å²) in [6.45, 7) is 15.5. The summed E-state index contributed by atoms with van der Waals surface area (Å²) in [5.41, 5.74) is 3.70. The topological polar surface area (TPSA) is 180 Å². The van der Waals surface area contributed by atoms with Gasteiger partial charge in [-0.15, -0.1) is 0 Å². The van der Waals surface area contributed by atoms with Crippen LogP contribution in [0.15, 0.2) is 0 Å². The van der Waals surface area contributed by atoms with Crippen molar-refractivity contribution in [2.24, 2.45) is 34.3 Å². The van der Waals surface area contributed by atoms with Crippen molar-refractivity contribution < 1.29 is 33.8 Å². The van der Waals surface area contributed by atoms with Crippen LogP contribution in [0.25, 0.3) is 0 Å². The predicted molar refractivity (Wildman–Crippen MR) is 142 cm³/mol. The zero-order valence-electron chi connectivity index (χ0n) is 24.3. The third-order valence-electron chi connectivity index (χ3n) is 8.24. The smallest absolute Gasteiger partial charge is 0.408 e. The van der Waals surface area contributed by atoms with Gasteiger partial charge in [0.1, 0.15) is 17.7 Å². The van der Waals surface area contributed by atoms with E-state index in [-0.39, 0.29) is 29.6 Å². The van der Waals surface area contributed by atoms with Crippen molar-refractivity contribution in [1.29, 1.82) is 0 Å². The minimum atomic E-state index is -1.70. The Balaban J connectivity index is 1.85. The normalized spacial score (nSPS) is 28.0. The van der Waals surface area contributed by atoms with E-state index >= 15 is 0 Å². The maximum atomic E-state index is 13.9. The van der Waals surface area contributed by atoms with Crippen LogP contribution in [0.5, 0.6) is 0 Å². The highest BCUT2D eigenvalue weighted by molar-refractivity contribution is 5.94. The molecular formula is C27H45N5O7. The van der Waals surface area contributed by atoms with Gasteiger partial charge < -0.3 is 36.4 Å². The van der Waals surface area contributed by atoms with Crippen LogP contribution in [-0.4, -0.2) is 82.6 Å². The van der Waals surface area contributed by atoms with Gasteiger partial charge in [0.2, 0.25) is 23.6 Å². The third kappa shape index (κ3) is 6.64. The second-order valence-electron chi connectivity index (χ2n) is 13.8. The van der Waals surface area contributed by atoms with Gasteiger partial charge in [0.25, 0.3) is 0 Å². The molecule has 0 aromatic carbocycles. The van der Waals surface area contributed by atoms with E-state index in [1.54, 1.807) is 20.8 Å². The average molecular weight is 552 g/mol. The first kappa shape index (κ1) is 30.6. The highest BCUT2D eigenvalue weighted by Gasteiger charge is 2.70. The largest absolute Gasteiger partial charge is 0.444 e. The molecule has 2 aliphatic heterocycles. The van der Waals surface area contributed by atoms with Crippen molar-refractivity contribution >= 4 is 29.7 Å². The Kier molecular flexibility index (Phi) is 8.32. The molecule has 12 nitrogen and oxygen atoms in total. The van der Waals surface area contributed by atoms with E-state index < -0.39 is 65.0 Å². The second kappa shape index (κ2) is 10.6. The summed E-state index contributed by atoms with van der Waals surface area (Å²) in [6, 6.07) is -2.96. The molecule has 2 saturated heterocycles. The van der Waals surface area contributed by atoms with Crippen molar-refractivity contribution in [2.45, 2.75) is 98.1 Å². The molecule has 5 amide bonds. The number of aliphatic hydroxyl groups excluding tert-OH is 1. The highest BCUT2D eigenvalue weighted by Crippen LogP contribution is 2.65.